The molecule has 5 nitrogen and oxygen atoms in total. The molecule has 0 saturated carbocycles. The van der Waals surface area contributed by atoms with E-state index in [4.69, 9.17) is 5.73 Å². The van der Waals surface area contributed by atoms with Crippen LogP contribution in [-0.4, -0.2) is 50.8 Å². The first kappa shape index (κ1) is 15.9. The van der Waals surface area contributed by atoms with Crippen molar-refractivity contribution in [3.63, 3.8) is 0 Å². The Morgan fingerprint density at radius 2 is 1.89 bits per heavy atom. The highest BCUT2D eigenvalue weighted by molar-refractivity contribution is 7.90. The number of nitrogens with zero attached hydrogens (tertiary/aromatic N) is 1. The van der Waals surface area contributed by atoms with Gasteiger partial charge < -0.3 is 5.73 Å². The number of sulfonamides is 1. The monoisotopic (exact) mass is 277 g/mol. The van der Waals surface area contributed by atoms with E-state index in [2.05, 4.69) is 16.5 Å². The summed E-state index contributed by atoms with van der Waals surface area (Å²) in [5.74, 6) is 0. The van der Waals surface area contributed by atoms with Gasteiger partial charge in [0.1, 0.15) is 0 Å². The predicted octanol–water partition coefficient (Wildman–Crippen LogP) is 0.518. The van der Waals surface area contributed by atoms with E-state index in [0.29, 0.717) is 13.0 Å². The summed E-state index contributed by atoms with van der Waals surface area (Å²) >= 11 is 0. The highest BCUT2D eigenvalue weighted by atomic mass is 32.2. The van der Waals surface area contributed by atoms with Crippen molar-refractivity contribution in [3.8, 4) is 0 Å². The van der Waals surface area contributed by atoms with Crippen molar-refractivity contribution in [2.75, 3.05) is 26.2 Å². The molecule has 0 spiro atoms. The molecule has 1 heterocycles. The summed E-state index contributed by atoms with van der Waals surface area (Å²) in [6.45, 7) is 6.76. The summed E-state index contributed by atoms with van der Waals surface area (Å²) in [6.07, 6.45) is 4.29. The molecule has 1 aliphatic heterocycles. The molecule has 0 aromatic heterocycles. The van der Waals surface area contributed by atoms with Crippen molar-refractivity contribution >= 4 is 10.0 Å². The van der Waals surface area contributed by atoms with Crippen LogP contribution in [0.2, 0.25) is 0 Å². The van der Waals surface area contributed by atoms with Gasteiger partial charge in [-0.05, 0) is 39.3 Å². The van der Waals surface area contributed by atoms with E-state index in [-0.39, 0.29) is 12.6 Å². The molecular weight excluding hydrogens is 250 g/mol. The molecule has 0 amide bonds. The van der Waals surface area contributed by atoms with Gasteiger partial charge in [-0.1, -0.05) is 13.3 Å². The number of nitrogens with one attached hydrogen (secondary N) is 1. The molecule has 3 N–H and O–H groups in total. The van der Waals surface area contributed by atoms with E-state index in [1.54, 1.807) is 0 Å². The van der Waals surface area contributed by atoms with Crippen LogP contribution in [0.5, 0.6) is 0 Å². The molecule has 0 aliphatic carbocycles. The third-order valence-corrected chi connectivity index (χ3v) is 5.72. The molecule has 108 valence electrons. The molecule has 18 heavy (non-hydrogen) atoms. The standard InChI is InChI=1S/C12H27N3O2S/c1-3-12(9-13)18(16,17)14-10-11(2)15-7-5-4-6-8-15/h11-12,14H,3-10,13H2,1-2H3. The Kier molecular flexibility index (Phi) is 6.55. The average Bonchev–Trinajstić information content (AvgIpc) is 2.38. The Morgan fingerprint density at radius 3 is 2.39 bits per heavy atom. The Labute approximate surface area is 111 Å². The van der Waals surface area contributed by atoms with Crippen LogP contribution >= 0.6 is 0 Å². The Balaban J connectivity index is 2.43. The average molecular weight is 277 g/mol. The first-order chi connectivity index (χ1) is 8.51. The van der Waals surface area contributed by atoms with Gasteiger partial charge in [0, 0.05) is 19.1 Å². The van der Waals surface area contributed by atoms with Gasteiger partial charge in [-0.3, -0.25) is 4.90 Å². The SMILES string of the molecule is CCC(CN)S(=O)(=O)NCC(C)N1CCCCC1. The van der Waals surface area contributed by atoms with Crippen molar-refractivity contribution in [2.45, 2.75) is 50.8 Å². The van der Waals surface area contributed by atoms with Gasteiger partial charge in [0.25, 0.3) is 0 Å². The van der Waals surface area contributed by atoms with Gasteiger partial charge >= 0.3 is 0 Å². The van der Waals surface area contributed by atoms with Crippen LogP contribution in [0.25, 0.3) is 0 Å². The fourth-order valence-electron chi connectivity index (χ4n) is 2.36. The van der Waals surface area contributed by atoms with Gasteiger partial charge in [-0.2, -0.15) is 0 Å². The molecule has 2 atom stereocenters. The van der Waals surface area contributed by atoms with Crippen LogP contribution in [0, 0.1) is 0 Å². The molecule has 0 radical (unpaired) electrons. The summed E-state index contributed by atoms with van der Waals surface area (Å²) in [5, 5.41) is -0.467. The zero-order chi connectivity index (χ0) is 13.6. The lowest BCUT2D eigenvalue weighted by Crippen LogP contribution is -2.47. The number of rotatable bonds is 7. The summed E-state index contributed by atoms with van der Waals surface area (Å²) in [4.78, 5) is 2.36. The quantitative estimate of drug-likeness (QED) is 0.711. The molecule has 1 fully saturated rings. The summed E-state index contributed by atoms with van der Waals surface area (Å²) in [5.41, 5.74) is 5.49. The van der Waals surface area contributed by atoms with Crippen molar-refractivity contribution in [1.82, 2.24) is 9.62 Å². The molecule has 0 aromatic rings. The Morgan fingerprint density at radius 1 is 1.28 bits per heavy atom. The maximum absolute atomic E-state index is 12.0. The van der Waals surface area contributed by atoms with Gasteiger partial charge in [0.05, 0.1) is 5.25 Å². The topological polar surface area (TPSA) is 75.4 Å². The first-order valence-electron chi connectivity index (χ1n) is 6.93. The Hall–Kier alpha value is -0.170. The second-order valence-electron chi connectivity index (χ2n) is 5.11. The summed E-state index contributed by atoms with van der Waals surface area (Å²) < 4.78 is 26.6. The van der Waals surface area contributed by atoms with E-state index in [1.165, 1.54) is 19.3 Å². The normalized spacial score (nSPS) is 21.7. The van der Waals surface area contributed by atoms with Gasteiger partial charge in [-0.15, -0.1) is 0 Å². The minimum Gasteiger partial charge on any atom is -0.329 e. The number of likely N-dealkylation sites (tertiary alicyclic amines) is 1. The fraction of sp³-hybridized carbons (Fsp3) is 1.00. The van der Waals surface area contributed by atoms with Crippen LogP contribution in [0.3, 0.4) is 0 Å². The third kappa shape index (κ3) is 4.50. The van der Waals surface area contributed by atoms with E-state index in [9.17, 15) is 8.42 Å². The fourth-order valence-corrected chi connectivity index (χ4v) is 3.76. The lowest BCUT2D eigenvalue weighted by molar-refractivity contribution is 0.175. The molecule has 0 bridgehead atoms. The maximum Gasteiger partial charge on any atom is 0.215 e. The van der Waals surface area contributed by atoms with E-state index < -0.39 is 15.3 Å². The van der Waals surface area contributed by atoms with Crippen molar-refractivity contribution in [1.29, 1.82) is 0 Å². The lowest BCUT2D eigenvalue weighted by atomic mass is 10.1. The van der Waals surface area contributed by atoms with Gasteiger partial charge in [-0.25, -0.2) is 13.1 Å². The minimum atomic E-state index is -3.26. The third-order valence-electron chi connectivity index (χ3n) is 3.75. The minimum absolute atomic E-state index is 0.184. The molecule has 2 unspecified atom stereocenters. The largest absolute Gasteiger partial charge is 0.329 e. The molecule has 1 saturated heterocycles. The Bertz CT molecular complexity index is 322. The molecule has 0 aromatic carbocycles. The lowest BCUT2D eigenvalue weighted by Gasteiger charge is -2.32. The van der Waals surface area contributed by atoms with Crippen LogP contribution in [-0.2, 0) is 10.0 Å². The molecule has 1 rings (SSSR count). The smallest absolute Gasteiger partial charge is 0.215 e. The second-order valence-corrected chi connectivity index (χ2v) is 7.15. The van der Waals surface area contributed by atoms with E-state index >= 15 is 0 Å². The van der Waals surface area contributed by atoms with Crippen molar-refractivity contribution in [3.05, 3.63) is 0 Å². The number of piperidine rings is 1. The zero-order valence-electron chi connectivity index (χ0n) is 11.6. The van der Waals surface area contributed by atoms with Crippen LogP contribution in [0.4, 0.5) is 0 Å². The number of hydrogen-bond acceptors (Lipinski definition) is 4. The van der Waals surface area contributed by atoms with E-state index in [1.807, 2.05) is 6.92 Å². The number of nitrogens with two attached hydrogens (primary N) is 1. The van der Waals surface area contributed by atoms with Gasteiger partial charge in [0.15, 0.2) is 0 Å². The zero-order valence-corrected chi connectivity index (χ0v) is 12.4. The molecular formula is C12H27N3O2S. The maximum atomic E-state index is 12.0. The van der Waals surface area contributed by atoms with E-state index in [0.717, 1.165) is 13.1 Å². The first-order valence-corrected chi connectivity index (χ1v) is 8.48. The predicted molar refractivity (Wildman–Crippen MR) is 74.9 cm³/mol. The van der Waals surface area contributed by atoms with Crippen LogP contribution < -0.4 is 10.5 Å². The molecule has 6 heteroatoms. The number of hydrogen-bond donors (Lipinski definition) is 2. The van der Waals surface area contributed by atoms with Gasteiger partial charge in [0.2, 0.25) is 10.0 Å². The molecule has 1 aliphatic rings. The van der Waals surface area contributed by atoms with Crippen molar-refractivity contribution < 1.29 is 8.42 Å². The van der Waals surface area contributed by atoms with Crippen LogP contribution in [0.15, 0.2) is 0 Å². The second kappa shape index (κ2) is 7.43. The highest BCUT2D eigenvalue weighted by Gasteiger charge is 2.24. The highest BCUT2D eigenvalue weighted by Crippen LogP contribution is 2.12. The van der Waals surface area contributed by atoms with Crippen LogP contribution in [0.1, 0.15) is 39.5 Å². The van der Waals surface area contributed by atoms with Crippen molar-refractivity contribution in [2.24, 2.45) is 5.73 Å². The summed E-state index contributed by atoms with van der Waals surface area (Å²) in [6, 6.07) is 0.260. The summed E-state index contributed by atoms with van der Waals surface area (Å²) in [7, 11) is -3.26.